The van der Waals surface area contributed by atoms with Crippen LogP contribution in [0.2, 0.25) is 0 Å². The first-order chi connectivity index (χ1) is 15.7. The van der Waals surface area contributed by atoms with Gasteiger partial charge in [0.25, 0.3) is 5.91 Å². The van der Waals surface area contributed by atoms with Crippen LogP contribution < -0.4 is 9.80 Å². The molecule has 2 aromatic carbocycles. The van der Waals surface area contributed by atoms with Crippen molar-refractivity contribution >= 4 is 17.3 Å². The molecule has 5 nitrogen and oxygen atoms in total. The second-order valence-corrected chi connectivity index (χ2v) is 9.29. The van der Waals surface area contributed by atoms with Crippen LogP contribution in [0.15, 0.2) is 48.5 Å². The summed E-state index contributed by atoms with van der Waals surface area (Å²) in [6.07, 6.45) is 4.72. The maximum Gasteiger partial charge on any atom is 0.253 e. The van der Waals surface area contributed by atoms with E-state index in [0.29, 0.717) is 6.04 Å². The van der Waals surface area contributed by atoms with E-state index in [4.69, 9.17) is 0 Å². The number of piperazine rings is 1. The average molecular weight is 437 g/mol. The Morgan fingerprint density at radius 2 is 1.31 bits per heavy atom. The molecule has 0 saturated carbocycles. The van der Waals surface area contributed by atoms with Gasteiger partial charge < -0.3 is 14.7 Å². The Bertz CT molecular complexity index is 902. The summed E-state index contributed by atoms with van der Waals surface area (Å²) in [4.78, 5) is 22.5. The van der Waals surface area contributed by atoms with Crippen molar-refractivity contribution in [2.75, 3.05) is 62.2 Å². The van der Waals surface area contributed by atoms with Crippen LogP contribution in [0.25, 0.3) is 0 Å². The molecule has 0 bridgehead atoms. The van der Waals surface area contributed by atoms with E-state index in [1.807, 2.05) is 29.2 Å². The third-order valence-electron chi connectivity index (χ3n) is 7.29. The van der Waals surface area contributed by atoms with Gasteiger partial charge in [0.15, 0.2) is 0 Å². The number of likely N-dealkylation sites (tertiary alicyclic amines) is 1. The Hall–Kier alpha value is -2.60. The van der Waals surface area contributed by atoms with Crippen molar-refractivity contribution in [1.29, 1.82) is 0 Å². The summed E-state index contributed by atoms with van der Waals surface area (Å²) in [7, 11) is 0. The minimum absolute atomic E-state index is 0.160. The molecule has 3 heterocycles. The van der Waals surface area contributed by atoms with Gasteiger partial charge in [-0.3, -0.25) is 9.69 Å². The molecule has 1 atom stereocenters. The summed E-state index contributed by atoms with van der Waals surface area (Å²) < 4.78 is 13.2. The molecule has 32 heavy (non-hydrogen) atoms. The zero-order valence-electron chi connectivity index (χ0n) is 18.8. The van der Waals surface area contributed by atoms with E-state index in [-0.39, 0.29) is 11.7 Å². The molecule has 1 unspecified atom stereocenters. The van der Waals surface area contributed by atoms with Crippen molar-refractivity contribution in [1.82, 2.24) is 9.80 Å². The Morgan fingerprint density at radius 3 is 1.97 bits per heavy atom. The zero-order chi connectivity index (χ0) is 21.9. The Morgan fingerprint density at radius 1 is 0.719 bits per heavy atom. The van der Waals surface area contributed by atoms with E-state index in [2.05, 4.69) is 26.8 Å². The Balaban J connectivity index is 1.16. The smallest absolute Gasteiger partial charge is 0.253 e. The van der Waals surface area contributed by atoms with Gasteiger partial charge in [0.05, 0.1) is 0 Å². The highest BCUT2D eigenvalue weighted by Gasteiger charge is 2.30. The lowest BCUT2D eigenvalue weighted by atomic mass is 10.0. The Labute approximate surface area is 190 Å². The number of piperidine rings is 1. The number of nitrogens with zero attached hydrogens (tertiary/aromatic N) is 4. The van der Waals surface area contributed by atoms with E-state index in [1.165, 1.54) is 30.7 Å². The van der Waals surface area contributed by atoms with E-state index >= 15 is 0 Å². The molecular formula is C26H33FN4O. The molecule has 3 saturated heterocycles. The highest BCUT2D eigenvalue weighted by atomic mass is 19.1. The summed E-state index contributed by atoms with van der Waals surface area (Å²) in [5, 5.41) is 0. The molecule has 2 aromatic rings. The summed E-state index contributed by atoms with van der Waals surface area (Å²) in [6, 6.07) is 15.4. The molecule has 6 heteroatoms. The third kappa shape index (κ3) is 4.60. The topological polar surface area (TPSA) is 30.0 Å². The van der Waals surface area contributed by atoms with Crippen LogP contribution in [0.5, 0.6) is 0 Å². The zero-order valence-corrected chi connectivity index (χ0v) is 18.8. The lowest BCUT2D eigenvalue weighted by Gasteiger charge is -2.44. The van der Waals surface area contributed by atoms with E-state index in [0.717, 1.165) is 76.5 Å². The van der Waals surface area contributed by atoms with Crippen LogP contribution in [0.3, 0.4) is 0 Å². The van der Waals surface area contributed by atoms with Gasteiger partial charge in [-0.2, -0.15) is 0 Å². The normalized spacial score (nSPS) is 22.4. The van der Waals surface area contributed by atoms with E-state index < -0.39 is 0 Å². The molecule has 0 spiro atoms. The minimum Gasteiger partial charge on any atom is -0.372 e. The van der Waals surface area contributed by atoms with Crippen LogP contribution >= 0.6 is 0 Å². The van der Waals surface area contributed by atoms with E-state index in [9.17, 15) is 9.18 Å². The summed E-state index contributed by atoms with van der Waals surface area (Å²) in [5.41, 5.74) is 3.12. The second kappa shape index (κ2) is 9.49. The lowest BCUT2D eigenvalue weighted by molar-refractivity contribution is 0.0563. The second-order valence-electron chi connectivity index (χ2n) is 9.29. The largest absolute Gasteiger partial charge is 0.372 e. The van der Waals surface area contributed by atoms with Crippen LogP contribution in [0.1, 0.15) is 36.0 Å². The fourth-order valence-electron chi connectivity index (χ4n) is 5.41. The SMILES string of the molecule is O=C(c1ccc(N2CCCC2)cc1)N1CCCC(N2CCN(c3ccc(F)cc3)CC2)C1. The fraction of sp³-hybridized carbons (Fsp3) is 0.500. The maximum absolute atomic E-state index is 13.2. The van der Waals surface area contributed by atoms with Gasteiger partial charge in [-0.25, -0.2) is 4.39 Å². The molecule has 0 radical (unpaired) electrons. The van der Waals surface area contributed by atoms with Gasteiger partial charge in [-0.05, 0) is 74.2 Å². The first-order valence-corrected chi connectivity index (χ1v) is 12.1. The standard InChI is InChI=1S/C26H33FN4O/c27-22-7-11-24(12-8-22)29-16-18-30(19-17-29)25-4-3-15-31(20-25)26(32)21-5-9-23(10-6-21)28-13-1-2-14-28/h5-12,25H,1-4,13-20H2. The first-order valence-electron chi connectivity index (χ1n) is 12.1. The van der Waals surface area contributed by atoms with Gasteiger partial charge in [-0.15, -0.1) is 0 Å². The third-order valence-corrected chi connectivity index (χ3v) is 7.29. The highest BCUT2D eigenvalue weighted by Crippen LogP contribution is 2.24. The maximum atomic E-state index is 13.2. The number of benzene rings is 2. The number of hydrogen-bond acceptors (Lipinski definition) is 4. The van der Waals surface area contributed by atoms with Gasteiger partial charge in [0, 0.05) is 75.3 Å². The number of halogens is 1. The van der Waals surface area contributed by atoms with Gasteiger partial charge in [0.1, 0.15) is 5.82 Å². The number of amides is 1. The average Bonchev–Trinajstić information content (AvgIpc) is 3.40. The molecule has 1 amide bonds. The predicted molar refractivity (Wildman–Crippen MR) is 127 cm³/mol. The Kier molecular flexibility index (Phi) is 6.30. The van der Waals surface area contributed by atoms with Gasteiger partial charge in [0.2, 0.25) is 0 Å². The molecule has 5 rings (SSSR count). The number of anilines is 2. The van der Waals surface area contributed by atoms with Crippen molar-refractivity contribution in [2.24, 2.45) is 0 Å². The summed E-state index contributed by atoms with van der Waals surface area (Å²) >= 11 is 0. The first kappa shape index (κ1) is 21.3. The molecular weight excluding hydrogens is 403 g/mol. The van der Waals surface area contributed by atoms with Crippen molar-refractivity contribution in [3.05, 3.63) is 59.9 Å². The van der Waals surface area contributed by atoms with Gasteiger partial charge >= 0.3 is 0 Å². The fourth-order valence-corrected chi connectivity index (χ4v) is 5.41. The lowest BCUT2D eigenvalue weighted by Crippen LogP contribution is -2.55. The highest BCUT2D eigenvalue weighted by molar-refractivity contribution is 5.94. The van der Waals surface area contributed by atoms with Gasteiger partial charge in [-0.1, -0.05) is 0 Å². The van der Waals surface area contributed by atoms with Crippen molar-refractivity contribution in [3.8, 4) is 0 Å². The number of hydrogen-bond donors (Lipinski definition) is 0. The van der Waals surface area contributed by atoms with Crippen molar-refractivity contribution in [3.63, 3.8) is 0 Å². The molecule has 3 fully saturated rings. The molecule has 0 aliphatic carbocycles. The van der Waals surface area contributed by atoms with Crippen LogP contribution in [-0.4, -0.2) is 74.1 Å². The minimum atomic E-state index is -0.190. The number of carbonyl (C=O) groups is 1. The quantitative estimate of drug-likeness (QED) is 0.728. The summed E-state index contributed by atoms with van der Waals surface area (Å²) in [5.74, 6) is -0.0299. The molecule has 0 aromatic heterocycles. The predicted octanol–water partition coefficient (Wildman–Crippen LogP) is 3.85. The van der Waals surface area contributed by atoms with E-state index in [1.54, 1.807) is 0 Å². The van der Waals surface area contributed by atoms with Crippen molar-refractivity contribution < 1.29 is 9.18 Å². The molecule has 3 aliphatic rings. The number of carbonyl (C=O) groups excluding carboxylic acids is 1. The van der Waals surface area contributed by atoms with Crippen LogP contribution in [-0.2, 0) is 0 Å². The van der Waals surface area contributed by atoms with Crippen molar-refractivity contribution in [2.45, 2.75) is 31.7 Å². The monoisotopic (exact) mass is 436 g/mol. The molecule has 0 N–H and O–H groups in total. The summed E-state index contributed by atoms with van der Waals surface area (Å²) in [6.45, 7) is 7.73. The van der Waals surface area contributed by atoms with Crippen LogP contribution in [0, 0.1) is 5.82 Å². The number of rotatable bonds is 4. The molecule has 3 aliphatic heterocycles. The molecule has 170 valence electrons. The van der Waals surface area contributed by atoms with Crippen LogP contribution in [0.4, 0.5) is 15.8 Å².